The maximum atomic E-state index is 13.0. The van der Waals surface area contributed by atoms with Crippen molar-refractivity contribution in [3.05, 3.63) is 97.2 Å². The van der Waals surface area contributed by atoms with Gasteiger partial charge in [-0.1, -0.05) is 381 Å². The van der Waals surface area contributed by atoms with E-state index in [-0.39, 0.29) is 32.2 Å². The first-order valence-electron chi connectivity index (χ1n) is 40.4. The molecule has 0 rings (SSSR count). The van der Waals surface area contributed by atoms with Crippen LogP contribution in [0.4, 0.5) is 0 Å². The number of carboxylic acids is 1. The summed E-state index contributed by atoms with van der Waals surface area (Å²) >= 11 is 0. The second-order valence-corrected chi connectivity index (χ2v) is 28.3. The van der Waals surface area contributed by atoms with Gasteiger partial charge < -0.3 is 33.3 Å². The SMILES string of the molecule is CC/C=C\C/C=C\C/C=C\C/C=C\C/C=C\C/C=C\C/C=C\C/C=C\CCCCCCCCCCCCC(=O)OC(COC(=O)CCCCCCCCCCCCCCCCCCCCCCCCCCCCCCCCCCCCC)COC(OCC[N+](C)(C)C)C(=O)[O-]. The van der Waals surface area contributed by atoms with E-state index in [1.165, 1.54) is 244 Å². The molecule has 9 nitrogen and oxygen atoms in total. The van der Waals surface area contributed by atoms with Gasteiger partial charge in [0, 0.05) is 12.8 Å². The van der Waals surface area contributed by atoms with Crippen molar-refractivity contribution in [2.24, 2.45) is 0 Å². The van der Waals surface area contributed by atoms with Gasteiger partial charge in [-0.25, -0.2) is 0 Å². The van der Waals surface area contributed by atoms with Crippen LogP contribution in [0.2, 0.25) is 0 Å². The largest absolute Gasteiger partial charge is 0.545 e. The monoisotopic (exact) mass is 1330 g/mol. The molecule has 9 heteroatoms. The summed E-state index contributed by atoms with van der Waals surface area (Å²) in [6, 6.07) is 0. The van der Waals surface area contributed by atoms with Gasteiger partial charge in [0.1, 0.15) is 13.2 Å². The Bertz CT molecular complexity index is 1890. The van der Waals surface area contributed by atoms with Crippen molar-refractivity contribution in [1.82, 2.24) is 0 Å². The molecule has 0 radical (unpaired) electrons. The molecule has 2 atom stereocenters. The topological polar surface area (TPSA) is 111 Å². The third-order valence-electron chi connectivity index (χ3n) is 17.8. The molecule has 0 aromatic carbocycles. The van der Waals surface area contributed by atoms with E-state index in [4.69, 9.17) is 18.9 Å². The summed E-state index contributed by atoms with van der Waals surface area (Å²) in [5, 5.41) is 11.9. The van der Waals surface area contributed by atoms with E-state index in [0.717, 1.165) is 96.3 Å². The fraction of sp³-hybridized carbons (Fsp3) is 0.779. The summed E-state index contributed by atoms with van der Waals surface area (Å²) in [6.07, 6.45) is 102. The highest BCUT2D eigenvalue weighted by atomic mass is 16.7. The van der Waals surface area contributed by atoms with Gasteiger partial charge >= 0.3 is 11.9 Å². The van der Waals surface area contributed by atoms with Gasteiger partial charge in [-0.15, -0.1) is 0 Å². The van der Waals surface area contributed by atoms with Crippen LogP contribution in [0.5, 0.6) is 0 Å². The van der Waals surface area contributed by atoms with E-state index in [1.807, 2.05) is 21.1 Å². The molecule has 0 fully saturated rings. The minimum atomic E-state index is -1.63. The van der Waals surface area contributed by atoms with Gasteiger partial charge in [0.25, 0.3) is 0 Å². The summed E-state index contributed by atoms with van der Waals surface area (Å²) < 4.78 is 22.9. The number of aliphatic carboxylic acids is 1. The van der Waals surface area contributed by atoms with Crippen LogP contribution in [0.15, 0.2) is 97.2 Å². The summed E-state index contributed by atoms with van der Waals surface area (Å²) in [5.74, 6) is -2.27. The summed E-state index contributed by atoms with van der Waals surface area (Å²) in [7, 11) is 5.94. The van der Waals surface area contributed by atoms with Crippen molar-refractivity contribution in [2.75, 3.05) is 47.5 Å². The zero-order chi connectivity index (χ0) is 69.0. The third-order valence-corrected chi connectivity index (χ3v) is 17.8. The predicted octanol–water partition coefficient (Wildman–Crippen LogP) is 24.6. The fourth-order valence-corrected chi connectivity index (χ4v) is 11.7. The number of allylic oxidation sites excluding steroid dienone is 16. The molecule has 0 aliphatic heterocycles. The average Bonchev–Trinajstić information content (AvgIpc) is 3.58. The average molecular weight is 1330 g/mol. The smallest absolute Gasteiger partial charge is 0.306 e. The number of ether oxygens (including phenoxy) is 4. The normalized spacial score (nSPS) is 13.1. The zero-order valence-corrected chi connectivity index (χ0v) is 63.0. The van der Waals surface area contributed by atoms with Gasteiger partial charge in [0.15, 0.2) is 12.4 Å². The highest BCUT2D eigenvalue weighted by Crippen LogP contribution is 2.19. The number of rotatable bonds is 75. The highest BCUT2D eigenvalue weighted by Gasteiger charge is 2.22. The molecule has 0 saturated heterocycles. The molecular weight excluding hydrogens is 1170 g/mol. The maximum absolute atomic E-state index is 13.0. The number of quaternary nitrogens is 1. The molecule has 0 spiro atoms. The van der Waals surface area contributed by atoms with Gasteiger partial charge in [-0.3, -0.25) is 9.59 Å². The second kappa shape index (κ2) is 76.0. The van der Waals surface area contributed by atoms with Gasteiger partial charge in [-0.05, 0) is 77.0 Å². The molecular formula is C86H153NO8. The Balaban J connectivity index is 4.04. The Morgan fingerprint density at radius 3 is 0.895 bits per heavy atom. The van der Waals surface area contributed by atoms with Crippen LogP contribution < -0.4 is 5.11 Å². The van der Waals surface area contributed by atoms with Gasteiger partial charge in [-0.2, -0.15) is 0 Å². The summed E-state index contributed by atoms with van der Waals surface area (Å²) in [5.41, 5.74) is 0. The quantitative estimate of drug-likeness (QED) is 0.0195. The standard InChI is InChI=1S/C86H153NO8/c1-6-8-10-12-14-16-18-20-22-24-26-28-30-32-34-36-38-40-42-44-46-48-50-52-54-56-58-60-62-64-66-68-70-72-74-76-83(88)93-80-82(81-94-86(85(90)91)92-79-78-87(3,4)5)95-84(89)77-75-73-71-69-67-65-63-61-59-57-55-53-51-49-47-45-43-41-39-37-35-33-31-29-27-25-23-21-19-17-15-13-11-9-7-2/h9,11,15,17,21,23,27,29,33,35,39,41,45,47,51,53,82,86H,6-8,10,12-14,16,18-20,22,24-26,28,30-32,34,36-38,40,42-44,46,48-50,52,54-81H2,1-5H3/b11-9-,17-15-,23-21-,29-27-,35-33-,41-39-,47-45-,53-51-. The minimum Gasteiger partial charge on any atom is -0.545 e. The Hall–Kier alpha value is -3.79. The molecule has 2 unspecified atom stereocenters. The number of unbranched alkanes of at least 4 members (excludes halogenated alkanes) is 44. The second-order valence-electron chi connectivity index (χ2n) is 28.3. The van der Waals surface area contributed by atoms with E-state index in [9.17, 15) is 19.5 Å². The molecule has 95 heavy (non-hydrogen) atoms. The fourth-order valence-electron chi connectivity index (χ4n) is 11.7. The molecule has 0 N–H and O–H groups in total. The number of carbonyl (C=O) groups is 3. The van der Waals surface area contributed by atoms with Crippen LogP contribution in [-0.4, -0.2) is 82.3 Å². The molecule has 0 aromatic heterocycles. The van der Waals surface area contributed by atoms with Gasteiger partial charge in [0.2, 0.25) is 0 Å². The number of nitrogens with zero attached hydrogens (tertiary/aromatic N) is 1. The predicted molar refractivity (Wildman–Crippen MR) is 407 cm³/mol. The Kier molecular flexibility index (Phi) is 72.9. The lowest BCUT2D eigenvalue weighted by Crippen LogP contribution is -2.44. The van der Waals surface area contributed by atoms with Crippen molar-refractivity contribution in [2.45, 2.75) is 386 Å². The van der Waals surface area contributed by atoms with Crippen LogP contribution >= 0.6 is 0 Å². The van der Waals surface area contributed by atoms with Crippen LogP contribution in [-0.2, 0) is 33.3 Å². The first-order chi connectivity index (χ1) is 46.6. The third kappa shape index (κ3) is 77.4. The number of likely N-dealkylation sites (N-methyl/N-ethyl adjacent to an activating group) is 1. The molecule has 550 valence electrons. The van der Waals surface area contributed by atoms with E-state index < -0.39 is 24.3 Å². The minimum absolute atomic E-state index is 0.145. The highest BCUT2D eigenvalue weighted by molar-refractivity contribution is 5.70. The van der Waals surface area contributed by atoms with E-state index in [2.05, 4.69) is 111 Å². The lowest BCUT2D eigenvalue weighted by atomic mass is 10.0. The van der Waals surface area contributed by atoms with Crippen molar-refractivity contribution in [3.8, 4) is 0 Å². The number of esters is 2. The van der Waals surface area contributed by atoms with E-state index in [1.54, 1.807) is 0 Å². The van der Waals surface area contributed by atoms with Crippen molar-refractivity contribution >= 4 is 17.9 Å². The first kappa shape index (κ1) is 91.2. The van der Waals surface area contributed by atoms with Crippen LogP contribution in [0.25, 0.3) is 0 Å². The number of hydrogen-bond donors (Lipinski definition) is 0. The number of carbonyl (C=O) groups excluding carboxylic acids is 3. The molecule has 0 aliphatic rings. The molecule has 0 bridgehead atoms. The number of hydrogen-bond acceptors (Lipinski definition) is 8. The van der Waals surface area contributed by atoms with Crippen LogP contribution in [0.1, 0.15) is 373 Å². The van der Waals surface area contributed by atoms with Crippen LogP contribution in [0, 0.1) is 0 Å². The summed E-state index contributed by atoms with van der Waals surface area (Å²) in [4.78, 5) is 37.6. The van der Waals surface area contributed by atoms with Crippen molar-refractivity contribution < 1.29 is 42.9 Å². The number of carboxylic acid groups (broad SMARTS) is 1. The maximum Gasteiger partial charge on any atom is 0.306 e. The first-order valence-corrected chi connectivity index (χ1v) is 40.4. The molecule has 0 aliphatic carbocycles. The van der Waals surface area contributed by atoms with Crippen molar-refractivity contribution in [3.63, 3.8) is 0 Å². The Morgan fingerprint density at radius 1 is 0.326 bits per heavy atom. The molecule has 0 aromatic rings. The molecule has 0 heterocycles. The lowest BCUT2D eigenvalue weighted by Gasteiger charge is -2.26. The zero-order valence-electron chi connectivity index (χ0n) is 63.0. The molecule has 0 saturated carbocycles. The lowest BCUT2D eigenvalue weighted by molar-refractivity contribution is -0.870. The van der Waals surface area contributed by atoms with E-state index in [0.29, 0.717) is 23.9 Å². The van der Waals surface area contributed by atoms with Crippen LogP contribution in [0.3, 0.4) is 0 Å². The Labute approximate surface area is 588 Å². The van der Waals surface area contributed by atoms with E-state index >= 15 is 0 Å². The molecule has 0 amide bonds. The summed E-state index contributed by atoms with van der Waals surface area (Å²) in [6.45, 7) is 4.68. The Morgan fingerprint density at radius 2 is 0.600 bits per heavy atom. The van der Waals surface area contributed by atoms with Gasteiger partial charge in [0.05, 0.1) is 40.3 Å². The van der Waals surface area contributed by atoms with Crippen molar-refractivity contribution in [1.29, 1.82) is 0 Å².